The van der Waals surface area contributed by atoms with E-state index in [1.807, 2.05) is 86.1 Å². The molecule has 0 saturated heterocycles. The average molecular weight is 461 g/mol. The zero-order valence-corrected chi connectivity index (χ0v) is 20.8. The second-order valence-electron chi connectivity index (χ2n) is 7.23. The lowest BCUT2D eigenvalue weighted by atomic mass is 10.2. The Kier molecular flexibility index (Phi) is 12.3. The smallest absolute Gasteiger partial charge is 0.295 e. The number of aromatic nitrogens is 2. The monoisotopic (exact) mass is 460 g/mol. The molecule has 2 aromatic carbocycles. The van der Waals surface area contributed by atoms with Gasteiger partial charge in [-0.15, -0.1) is 6.58 Å². The Morgan fingerprint density at radius 3 is 2.21 bits per heavy atom. The van der Waals surface area contributed by atoms with Crippen LogP contribution in [-0.4, -0.2) is 22.7 Å². The number of para-hydroxylation sites is 2. The number of nitrogen functional groups attached to an aromatic ring is 1. The molecule has 3 aromatic rings. The molecule has 34 heavy (non-hydrogen) atoms. The van der Waals surface area contributed by atoms with Crippen LogP contribution in [0.5, 0.6) is 0 Å². The predicted octanol–water partition coefficient (Wildman–Crippen LogP) is 5.93. The number of nitrogens with two attached hydrogens (primary N) is 1. The van der Waals surface area contributed by atoms with Crippen LogP contribution in [0.1, 0.15) is 38.4 Å². The maximum atomic E-state index is 12.5. The Morgan fingerprint density at radius 1 is 1.12 bits per heavy atom. The molecular formula is C28H36N4O2. The van der Waals surface area contributed by atoms with E-state index in [9.17, 15) is 9.59 Å². The van der Waals surface area contributed by atoms with E-state index in [2.05, 4.69) is 18.8 Å². The normalized spacial score (nSPS) is 10.6. The standard InChI is InChI=1S/C15H19N3O.C9H9NO.C4H8/c1-5-11(2)17-15(19)14(16-4)12(3)18(17)13-9-7-6-8-10-13;10-9-6-2-1-4-8(9)5-3-7-11;1-3-4-2/h5-10,16H,1-4H3;1-7H,10H2;3H,1,4H2,2H3/b11-5+;5-3+;. The second-order valence-corrected chi connectivity index (χ2v) is 7.23. The van der Waals surface area contributed by atoms with Crippen molar-refractivity contribution in [2.24, 2.45) is 0 Å². The van der Waals surface area contributed by atoms with Gasteiger partial charge in [0.2, 0.25) is 0 Å². The molecule has 0 unspecified atom stereocenters. The zero-order chi connectivity index (χ0) is 25.5. The van der Waals surface area contributed by atoms with Crippen molar-refractivity contribution < 1.29 is 4.79 Å². The molecule has 3 rings (SSSR count). The number of anilines is 2. The number of nitrogens with one attached hydrogen (secondary N) is 1. The molecule has 0 fully saturated rings. The van der Waals surface area contributed by atoms with Gasteiger partial charge in [0.1, 0.15) is 12.0 Å². The number of aldehydes is 1. The van der Waals surface area contributed by atoms with E-state index >= 15 is 0 Å². The molecule has 0 bridgehead atoms. The molecule has 0 radical (unpaired) electrons. The summed E-state index contributed by atoms with van der Waals surface area (Å²) in [6, 6.07) is 17.3. The summed E-state index contributed by atoms with van der Waals surface area (Å²) in [6.45, 7) is 11.3. The highest BCUT2D eigenvalue weighted by Gasteiger charge is 2.17. The first kappa shape index (κ1) is 28.0. The maximum absolute atomic E-state index is 12.5. The van der Waals surface area contributed by atoms with Gasteiger partial charge in [0.15, 0.2) is 0 Å². The summed E-state index contributed by atoms with van der Waals surface area (Å²) in [5.41, 5.74) is 10.5. The Bertz CT molecular complexity index is 1170. The number of rotatable bonds is 6. The van der Waals surface area contributed by atoms with Crippen LogP contribution in [0.4, 0.5) is 11.4 Å². The minimum Gasteiger partial charge on any atom is -0.398 e. The third-order valence-corrected chi connectivity index (χ3v) is 4.93. The van der Waals surface area contributed by atoms with E-state index in [-0.39, 0.29) is 5.56 Å². The summed E-state index contributed by atoms with van der Waals surface area (Å²) < 4.78 is 3.62. The van der Waals surface area contributed by atoms with Gasteiger partial charge < -0.3 is 11.1 Å². The minimum atomic E-state index is -0.0283. The van der Waals surface area contributed by atoms with E-state index in [0.29, 0.717) is 11.4 Å². The molecule has 0 atom stereocenters. The molecule has 0 aliphatic heterocycles. The largest absolute Gasteiger partial charge is 0.398 e. The van der Waals surface area contributed by atoms with Gasteiger partial charge >= 0.3 is 0 Å². The lowest BCUT2D eigenvalue weighted by Crippen LogP contribution is -2.21. The summed E-state index contributed by atoms with van der Waals surface area (Å²) >= 11 is 0. The maximum Gasteiger partial charge on any atom is 0.295 e. The van der Waals surface area contributed by atoms with Gasteiger partial charge in [-0.3, -0.25) is 9.59 Å². The zero-order valence-electron chi connectivity index (χ0n) is 20.8. The molecule has 0 aliphatic rings. The summed E-state index contributed by atoms with van der Waals surface area (Å²) in [7, 11) is 1.77. The molecule has 6 nitrogen and oxygen atoms in total. The quantitative estimate of drug-likeness (QED) is 0.207. The highest BCUT2D eigenvalue weighted by atomic mass is 16.1. The Morgan fingerprint density at radius 2 is 1.71 bits per heavy atom. The summed E-state index contributed by atoms with van der Waals surface area (Å²) in [6.07, 6.45) is 8.72. The van der Waals surface area contributed by atoms with E-state index in [0.717, 1.165) is 35.3 Å². The molecule has 0 spiro atoms. The van der Waals surface area contributed by atoms with Gasteiger partial charge in [-0.1, -0.05) is 55.5 Å². The third kappa shape index (κ3) is 7.52. The molecule has 0 amide bonds. The summed E-state index contributed by atoms with van der Waals surface area (Å²) in [4.78, 5) is 22.4. The van der Waals surface area contributed by atoms with Crippen LogP contribution in [0.3, 0.4) is 0 Å². The molecule has 6 heteroatoms. The third-order valence-electron chi connectivity index (χ3n) is 4.93. The van der Waals surface area contributed by atoms with Crippen molar-refractivity contribution in [3.63, 3.8) is 0 Å². The first-order chi connectivity index (χ1) is 16.4. The van der Waals surface area contributed by atoms with Crippen molar-refractivity contribution in [3.8, 4) is 5.69 Å². The molecule has 0 aliphatic carbocycles. The van der Waals surface area contributed by atoms with E-state index in [1.54, 1.807) is 23.9 Å². The lowest BCUT2D eigenvalue weighted by molar-refractivity contribution is -0.104. The van der Waals surface area contributed by atoms with Crippen LogP contribution in [0, 0.1) is 6.92 Å². The van der Waals surface area contributed by atoms with Crippen LogP contribution in [0.25, 0.3) is 17.5 Å². The molecule has 3 N–H and O–H groups in total. The fraction of sp³-hybridized carbons (Fsp3) is 0.214. The molecule has 0 saturated carbocycles. The number of benzene rings is 2. The van der Waals surface area contributed by atoms with Crippen molar-refractivity contribution in [2.75, 3.05) is 18.1 Å². The highest BCUT2D eigenvalue weighted by molar-refractivity contribution is 5.77. The van der Waals surface area contributed by atoms with E-state index in [1.165, 1.54) is 6.08 Å². The average Bonchev–Trinajstić information content (AvgIpc) is 3.13. The summed E-state index contributed by atoms with van der Waals surface area (Å²) in [5.74, 6) is 0. The van der Waals surface area contributed by atoms with Gasteiger partial charge in [-0.2, -0.15) is 0 Å². The highest BCUT2D eigenvalue weighted by Crippen LogP contribution is 2.19. The number of nitrogens with zero attached hydrogens (tertiary/aromatic N) is 2. The fourth-order valence-corrected chi connectivity index (χ4v) is 3.02. The molecule has 180 valence electrons. The van der Waals surface area contributed by atoms with Gasteiger partial charge in [0.25, 0.3) is 5.56 Å². The SMILES string of the molecule is C/C=C(\C)n1c(=O)c(NC)c(C)n1-c1ccccc1.C=CCC.Nc1ccccc1/C=C/C=O. The van der Waals surface area contributed by atoms with Crippen molar-refractivity contribution in [2.45, 2.75) is 34.1 Å². The molecule has 1 heterocycles. The van der Waals surface area contributed by atoms with Gasteiger partial charge in [0.05, 0.1) is 11.4 Å². The van der Waals surface area contributed by atoms with Crippen molar-refractivity contribution in [3.05, 3.63) is 101 Å². The molecular weight excluding hydrogens is 424 g/mol. The van der Waals surface area contributed by atoms with Crippen LogP contribution in [-0.2, 0) is 4.79 Å². The van der Waals surface area contributed by atoms with E-state index < -0.39 is 0 Å². The van der Waals surface area contributed by atoms with Gasteiger partial charge in [-0.25, -0.2) is 9.36 Å². The number of carbonyl (C=O) groups is 1. The number of hydrogen-bond donors (Lipinski definition) is 2. The first-order valence-electron chi connectivity index (χ1n) is 11.2. The Labute approximate surface area is 202 Å². The van der Waals surface area contributed by atoms with Crippen molar-refractivity contribution in [1.82, 2.24) is 9.36 Å². The number of hydrogen-bond acceptors (Lipinski definition) is 4. The Balaban J connectivity index is 0.000000325. The Hall–Kier alpha value is -4.06. The topological polar surface area (TPSA) is 82.1 Å². The van der Waals surface area contributed by atoms with E-state index in [4.69, 9.17) is 5.73 Å². The van der Waals surface area contributed by atoms with Crippen LogP contribution in [0.2, 0.25) is 0 Å². The lowest BCUT2D eigenvalue weighted by Gasteiger charge is -2.13. The van der Waals surface area contributed by atoms with Crippen LogP contribution < -0.4 is 16.6 Å². The van der Waals surface area contributed by atoms with Gasteiger partial charge in [0, 0.05) is 18.4 Å². The van der Waals surface area contributed by atoms with Crippen LogP contribution >= 0.6 is 0 Å². The number of allylic oxidation sites excluding steroid dienone is 4. The van der Waals surface area contributed by atoms with Crippen molar-refractivity contribution >= 4 is 29.4 Å². The number of carbonyl (C=O) groups excluding carboxylic acids is 1. The minimum absolute atomic E-state index is 0.0283. The van der Waals surface area contributed by atoms with Gasteiger partial charge in [-0.05, 0) is 63.1 Å². The predicted molar refractivity (Wildman–Crippen MR) is 146 cm³/mol. The summed E-state index contributed by atoms with van der Waals surface area (Å²) in [5, 5.41) is 2.99. The molecule has 1 aromatic heterocycles. The fourth-order valence-electron chi connectivity index (χ4n) is 3.02. The van der Waals surface area contributed by atoms with Crippen molar-refractivity contribution in [1.29, 1.82) is 0 Å². The first-order valence-corrected chi connectivity index (χ1v) is 11.2. The van der Waals surface area contributed by atoms with Crippen LogP contribution in [0.15, 0.2) is 84.2 Å². The second kappa shape index (κ2) is 14.9.